The minimum atomic E-state index is -1.16. The average molecular weight is 448 g/mol. The third-order valence-electron chi connectivity index (χ3n) is 4.79. The second-order valence-electron chi connectivity index (χ2n) is 6.69. The number of hydrogen-bond acceptors (Lipinski definition) is 12. The van der Waals surface area contributed by atoms with E-state index in [-0.39, 0.29) is 42.2 Å². The van der Waals surface area contributed by atoms with Crippen LogP contribution in [0.4, 0.5) is 22.1 Å². The van der Waals surface area contributed by atoms with Crippen LogP contribution >= 0.6 is 0 Å². The molecule has 4 heterocycles. The van der Waals surface area contributed by atoms with Crippen molar-refractivity contribution in [3.8, 4) is 5.88 Å². The number of amides is 1. The molecule has 2 aromatic rings. The number of nitrogens with zero attached hydrogens (tertiary/aromatic N) is 3. The Morgan fingerprint density at radius 1 is 1.25 bits per heavy atom. The molecular formula is C18H20N6O8. The number of nitrogens with one attached hydrogen (secondary N) is 2. The Morgan fingerprint density at radius 2 is 2.03 bits per heavy atom. The molecule has 2 aliphatic heterocycles. The van der Waals surface area contributed by atoms with Gasteiger partial charge in [0.1, 0.15) is 49.3 Å². The number of nitrogens with two attached hydrogens (primary N) is 1. The summed E-state index contributed by atoms with van der Waals surface area (Å²) in [5.74, 6) is -0.934. The Morgan fingerprint density at radius 3 is 2.81 bits per heavy atom. The van der Waals surface area contributed by atoms with Crippen LogP contribution in [-0.2, 0) is 18.9 Å². The Labute approximate surface area is 181 Å². The van der Waals surface area contributed by atoms with E-state index in [1.807, 2.05) is 0 Å². The van der Waals surface area contributed by atoms with E-state index < -0.39 is 36.6 Å². The van der Waals surface area contributed by atoms with Crippen molar-refractivity contribution >= 4 is 29.4 Å². The molecule has 4 unspecified atom stereocenters. The van der Waals surface area contributed by atoms with Gasteiger partial charge < -0.3 is 39.8 Å². The van der Waals surface area contributed by atoms with Crippen molar-refractivity contribution in [3.05, 3.63) is 30.2 Å². The molecule has 0 bridgehead atoms. The third kappa shape index (κ3) is 4.32. The zero-order chi connectivity index (χ0) is 22.7. The maximum atomic E-state index is 11.5. The third-order valence-corrected chi connectivity index (χ3v) is 4.79. The van der Waals surface area contributed by atoms with Crippen molar-refractivity contribution in [1.29, 1.82) is 0 Å². The van der Waals surface area contributed by atoms with Gasteiger partial charge in [0.05, 0.1) is 7.11 Å². The second kappa shape index (κ2) is 9.17. The van der Waals surface area contributed by atoms with Gasteiger partial charge in [-0.25, -0.2) is 24.5 Å². The lowest BCUT2D eigenvalue weighted by molar-refractivity contribution is -0.0760. The smallest absolute Gasteiger partial charge is 0.412 e. The number of carboxylic acids is 1. The fraction of sp³-hybridized carbons (Fsp3) is 0.389. The topological polar surface area (TPSA) is 189 Å². The predicted molar refractivity (Wildman–Crippen MR) is 106 cm³/mol. The highest BCUT2D eigenvalue weighted by Crippen LogP contribution is 2.33. The van der Waals surface area contributed by atoms with Gasteiger partial charge in [-0.1, -0.05) is 0 Å². The monoisotopic (exact) mass is 448 g/mol. The number of pyridine rings is 1. The molecule has 1 amide bonds. The normalized spacial score (nSPS) is 23.9. The standard InChI is InChI=1S/C18H20N6O8/c1-28-18(27)24-14-10(19)13(21-6-22-14)23-16-12-11(30-7-31-12)9(32-16)5-29-15-8(17(25)26)3-2-4-20-15/h2-4,6,9,11-12,16H,5,7,19H2,1H3,(H,25,26)(H2,21,22,23,24,27). The largest absolute Gasteiger partial charge is 0.477 e. The van der Waals surface area contributed by atoms with E-state index in [0.717, 1.165) is 0 Å². The van der Waals surface area contributed by atoms with Crippen molar-refractivity contribution in [3.63, 3.8) is 0 Å². The summed E-state index contributed by atoms with van der Waals surface area (Å²) in [4.78, 5) is 34.7. The summed E-state index contributed by atoms with van der Waals surface area (Å²) in [6.45, 7) is 0.0140. The number of aromatic nitrogens is 3. The number of carbonyl (C=O) groups excluding carboxylic acids is 1. The Balaban J connectivity index is 1.45. The van der Waals surface area contributed by atoms with Gasteiger partial charge in [-0.05, 0) is 12.1 Å². The van der Waals surface area contributed by atoms with Crippen molar-refractivity contribution < 1.29 is 38.4 Å². The maximum Gasteiger partial charge on any atom is 0.412 e. The number of aromatic carboxylic acids is 1. The quantitative estimate of drug-likeness (QED) is 0.452. The summed E-state index contributed by atoms with van der Waals surface area (Å²) >= 11 is 0. The zero-order valence-corrected chi connectivity index (χ0v) is 16.8. The highest BCUT2D eigenvalue weighted by Gasteiger charge is 2.50. The Bertz CT molecular complexity index is 1010. The molecule has 2 fully saturated rings. The molecule has 4 rings (SSSR count). The number of ether oxygens (including phenoxy) is 5. The molecule has 0 saturated carbocycles. The fourth-order valence-corrected chi connectivity index (χ4v) is 3.28. The highest BCUT2D eigenvalue weighted by molar-refractivity contribution is 5.90. The van der Waals surface area contributed by atoms with Gasteiger partial charge in [0, 0.05) is 6.20 Å². The Hall–Kier alpha value is -3.75. The van der Waals surface area contributed by atoms with Crippen LogP contribution in [0.15, 0.2) is 24.7 Å². The summed E-state index contributed by atoms with van der Waals surface area (Å²) in [6, 6.07) is 2.89. The minimum absolute atomic E-state index is 0.0333. The SMILES string of the molecule is COC(=O)Nc1ncnc(NC2OC(COc3ncccc3C(=O)O)C3OCOC23)c1N. The van der Waals surface area contributed by atoms with Gasteiger partial charge in [0.15, 0.2) is 17.9 Å². The molecule has 2 aliphatic rings. The lowest BCUT2D eigenvalue weighted by Crippen LogP contribution is -2.35. The summed E-state index contributed by atoms with van der Waals surface area (Å²) in [7, 11) is 1.21. The molecule has 0 radical (unpaired) electrons. The van der Waals surface area contributed by atoms with Crippen molar-refractivity contribution in [2.24, 2.45) is 0 Å². The molecule has 2 saturated heterocycles. The first kappa shape index (κ1) is 21.5. The number of anilines is 3. The summed E-state index contributed by atoms with van der Waals surface area (Å²) in [5.41, 5.74) is 6.04. The van der Waals surface area contributed by atoms with Crippen LogP contribution in [-0.4, -0.2) is 77.2 Å². The number of carbonyl (C=O) groups is 2. The van der Waals surface area contributed by atoms with Crippen LogP contribution in [0.5, 0.6) is 5.88 Å². The first-order chi connectivity index (χ1) is 15.5. The first-order valence-electron chi connectivity index (χ1n) is 9.39. The fourth-order valence-electron chi connectivity index (χ4n) is 3.28. The van der Waals surface area contributed by atoms with Crippen molar-refractivity contribution in [1.82, 2.24) is 15.0 Å². The van der Waals surface area contributed by atoms with Gasteiger partial charge >= 0.3 is 12.1 Å². The first-order valence-corrected chi connectivity index (χ1v) is 9.39. The van der Waals surface area contributed by atoms with Crippen LogP contribution < -0.4 is 21.1 Å². The van der Waals surface area contributed by atoms with Crippen molar-refractivity contribution in [2.45, 2.75) is 24.5 Å². The van der Waals surface area contributed by atoms with Crippen LogP contribution in [0.25, 0.3) is 0 Å². The number of rotatable bonds is 7. The molecule has 32 heavy (non-hydrogen) atoms. The van der Waals surface area contributed by atoms with E-state index in [9.17, 15) is 14.7 Å². The van der Waals surface area contributed by atoms with Crippen LogP contribution in [0, 0.1) is 0 Å². The molecule has 14 heteroatoms. The van der Waals surface area contributed by atoms with Gasteiger partial charge in [0.2, 0.25) is 5.88 Å². The number of nitrogen functional groups attached to an aromatic ring is 1. The zero-order valence-electron chi connectivity index (χ0n) is 16.8. The van der Waals surface area contributed by atoms with Crippen LogP contribution in [0.2, 0.25) is 0 Å². The second-order valence-corrected chi connectivity index (χ2v) is 6.69. The van der Waals surface area contributed by atoms with E-state index in [0.29, 0.717) is 0 Å². The lowest BCUT2D eigenvalue weighted by atomic mass is 10.1. The van der Waals surface area contributed by atoms with Gasteiger partial charge in [-0.3, -0.25) is 5.32 Å². The van der Waals surface area contributed by atoms with Gasteiger partial charge in [-0.2, -0.15) is 0 Å². The predicted octanol–water partition coefficient (Wildman–Crippen LogP) is 0.288. The molecule has 4 atom stereocenters. The number of carboxylic acid groups (broad SMARTS) is 1. The van der Waals surface area contributed by atoms with E-state index in [1.54, 1.807) is 0 Å². The number of fused-ring (bicyclic) bond motifs is 1. The van der Waals surface area contributed by atoms with Crippen LogP contribution in [0.3, 0.4) is 0 Å². The highest BCUT2D eigenvalue weighted by atomic mass is 16.7. The molecule has 14 nitrogen and oxygen atoms in total. The summed E-state index contributed by atoms with van der Waals surface area (Å²) in [5, 5.41) is 14.7. The minimum Gasteiger partial charge on any atom is -0.477 e. The van der Waals surface area contributed by atoms with E-state index >= 15 is 0 Å². The molecule has 5 N–H and O–H groups in total. The van der Waals surface area contributed by atoms with Gasteiger partial charge in [-0.15, -0.1) is 0 Å². The summed E-state index contributed by atoms with van der Waals surface area (Å²) in [6.07, 6.45) is -0.424. The van der Waals surface area contributed by atoms with Crippen LogP contribution in [0.1, 0.15) is 10.4 Å². The van der Waals surface area contributed by atoms with Crippen molar-refractivity contribution in [2.75, 3.05) is 36.9 Å². The summed E-state index contributed by atoms with van der Waals surface area (Å²) < 4.78 is 27.3. The molecule has 0 spiro atoms. The maximum absolute atomic E-state index is 11.5. The molecule has 2 aromatic heterocycles. The van der Waals surface area contributed by atoms with E-state index in [1.165, 1.54) is 31.8 Å². The molecule has 0 aromatic carbocycles. The molecule has 170 valence electrons. The Kier molecular flexibility index (Phi) is 6.16. The lowest BCUT2D eigenvalue weighted by Gasteiger charge is -2.20. The molecule has 0 aliphatic carbocycles. The number of methoxy groups -OCH3 is 1. The van der Waals surface area contributed by atoms with E-state index in [4.69, 9.17) is 24.7 Å². The van der Waals surface area contributed by atoms with Gasteiger partial charge in [0.25, 0.3) is 0 Å². The average Bonchev–Trinajstić information content (AvgIpc) is 3.39. The van der Waals surface area contributed by atoms with E-state index in [2.05, 4.69) is 30.3 Å². The molecular weight excluding hydrogens is 428 g/mol. The number of hydrogen-bond donors (Lipinski definition) is 4.